The lowest BCUT2D eigenvalue weighted by molar-refractivity contribution is -0.123. The van der Waals surface area contributed by atoms with Crippen molar-refractivity contribution in [3.63, 3.8) is 0 Å². The van der Waals surface area contributed by atoms with Gasteiger partial charge in [0.05, 0.1) is 0 Å². The van der Waals surface area contributed by atoms with Crippen molar-refractivity contribution >= 4 is 6.03 Å². The Morgan fingerprint density at radius 1 is 1.22 bits per heavy atom. The molecule has 2 rings (SSSR count). The third-order valence-corrected chi connectivity index (χ3v) is 3.32. The van der Waals surface area contributed by atoms with Crippen LogP contribution in [-0.2, 0) is 0 Å². The quantitative estimate of drug-likeness (QED) is 0.730. The first-order valence-electron chi connectivity index (χ1n) is 6.00. The molecule has 5 nitrogen and oxygen atoms in total. The minimum atomic E-state index is -4.35. The second kappa shape index (κ2) is 5.31. The summed E-state index contributed by atoms with van der Waals surface area (Å²) in [6.45, 7) is 3.08. The molecule has 0 saturated carbocycles. The van der Waals surface area contributed by atoms with Crippen molar-refractivity contribution in [3.05, 3.63) is 0 Å². The molecule has 0 aromatic rings. The molecule has 2 aliphatic rings. The van der Waals surface area contributed by atoms with E-state index in [1.165, 1.54) is 4.90 Å². The van der Waals surface area contributed by atoms with Crippen molar-refractivity contribution in [3.8, 4) is 0 Å². The number of hydrogen-bond acceptors (Lipinski definition) is 3. The summed E-state index contributed by atoms with van der Waals surface area (Å²) in [4.78, 5) is 15.2. The van der Waals surface area contributed by atoms with Crippen molar-refractivity contribution in [2.24, 2.45) is 0 Å². The maximum Gasteiger partial charge on any atom is 0.405 e. The lowest BCUT2D eigenvalue weighted by atomic mass is 10.1. The molecule has 104 valence electrons. The lowest BCUT2D eigenvalue weighted by Gasteiger charge is -2.43. The average molecular weight is 266 g/mol. The molecule has 0 aromatic carbocycles. The number of urea groups is 1. The zero-order valence-electron chi connectivity index (χ0n) is 9.96. The zero-order valence-corrected chi connectivity index (χ0v) is 9.96. The van der Waals surface area contributed by atoms with Crippen LogP contribution in [0.4, 0.5) is 18.0 Å². The van der Waals surface area contributed by atoms with Crippen molar-refractivity contribution in [1.29, 1.82) is 0 Å². The van der Waals surface area contributed by atoms with E-state index in [-0.39, 0.29) is 0 Å². The van der Waals surface area contributed by atoms with Gasteiger partial charge < -0.3 is 15.5 Å². The number of nitrogens with one attached hydrogen (secondary N) is 2. The highest BCUT2D eigenvalue weighted by molar-refractivity contribution is 5.74. The monoisotopic (exact) mass is 266 g/mol. The summed E-state index contributed by atoms with van der Waals surface area (Å²) in [7, 11) is 0. The Kier molecular flexibility index (Phi) is 3.96. The van der Waals surface area contributed by atoms with Gasteiger partial charge in [-0.3, -0.25) is 4.90 Å². The van der Waals surface area contributed by atoms with E-state index in [0.717, 1.165) is 26.2 Å². The maximum atomic E-state index is 12.0. The van der Waals surface area contributed by atoms with Crippen molar-refractivity contribution < 1.29 is 18.0 Å². The van der Waals surface area contributed by atoms with Gasteiger partial charge in [-0.15, -0.1) is 0 Å². The molecule has 2 amide bonds. The first-order chi connectivity index (χ1) is 8.46. The van der Waals surface area contributed by atoms with Gasteiger partial charge in [-0.1, -0.05) is 0 Å². The Hall–Kier alpha value is -1.02. The van der Waals surface area contributed by atoms with Gasteiger partial charge >= 0.3 is 12.2 Å². The molecule has 0 spiro atoms. The molecule has 2 aliphatic heterocycles. The normalized spacial score (nSPS) is 22.7. The smallest absolute Gasteiger partial charge is 0.329 e. The predicted molar refractivity (Wildman–Crippen MR) is 59.3 cm³/mol. The van der Waals surface area contributed by atoms with Crippen molar-refractivity contribution in [2.75, 3.05) is 45.8 Å². The Morgan fingerprint density at radius 3 is 2.28 bits per heavy atom. The molecule has 18 heavy (non-hydrogen) atoms. The number of carbonyl (C=O) groups excluding carboxylic acids is 1. The fourth-order valence-corrected chi connectivity index (χ4v) is 2.11. The van der Waals surface area contributed by atoms with Gasteiger partial charge in [0.25, 0.3) is 0 Å². The summed E-state index contributed by atoms with van der Waals surface area (Å²) >= 11 is 0. The minimum absolute atomic E-state index is 0.486. The highest BCUT2D eigenvalue weighted by atomic mass is 19.4. The summed E-state index contributed by atoms with van der Waals surface area (Å²) in [6.07, 6.45) is -4.35. The van der Waals surface area contributed by atoms with Gasteiger partial charge in [0, 0.05) is 45.3 Å². The zero-order chi connectivity index (χ0) is 13.2. The van der Waals surface area contributed by atoms with E-state index in [0.29, 0.717) is 19.1 Å². The van der Waals surface area contributed by atoms with Gasteiger partial charge in [-0.2, -0.15) is 13.2 Å². The molecule has 2 fully saturated rings. The molecule has 0 radical (unpaired) electrons. The Bertz CT molecular complexity index is 298. The number of piperazine rings is 1. The number of rotatable bonds is 2. The van der Waals surface area contributed by atoms with Crippen LogP contribution in [0.2, 0.25) is 0 Å². The van der Waals surface area contributed by atoms with Crippen LogP contribution in [0.15, 0.2) is 0 Å². The topological polar surface area (TPSA) is 47.6 Å². The molecule has 2 N–H and O–H groups in total. The van der Waals surface area contributed by atoms with Gasteiger partial charge in [-0.25, -0.2) is 4.79 Å². The standard InChI is InChI=1S/C10H17F3N4O/c11-10(12,13)7-15-9(18)17-3-1-16(2-4-17)8-5-14-6-8/h8,14H,1-7H2,(H,15,18). The first-order valence-corrected chi connectivity index (χ1v) is 6.00. The van der Waals surface area contributed by atoms with E-state index in [2.05, 4.69) is 10.2 Å². The van der Waals surface area contributed by atoms with Gasteiger partial charge in [0.15, 0.2) is 0 Å². The molecule has 2 heterocycles. The molecule has 0 aromatic heterocycles. The summed E-state index contributed by atoms with van der Waals surface area (Å²) in [5, 5.41) is 5.07. The number of amides is 2. The van der Waals surface area contributed by atoms with Crippen LogP contribution in [0.25, 0.3) is 0 Å². The summed E-state index contributed by atoms with van der Waals surface area (Å²) in [6, 6.07) is -0.107. The molecular weight excluding hydrogens is 249 g/mol. The highest BCUT2D eigenvalue weighted by Gasteiger charge is 2.31. The summed E-state index contributed by atoms with van der Waals surface area (Å²) < 4.78 is 35.9. The van der Waals surface area contributed by atoms with Crippen LogP contribution in [0.1, 0.15) is 0 Å². The van der Waals surface area contributed by atoms with Gasteiger partial charge in [0.1, 0.15) is 6.54 Å². The molecule has 0 aliphatic carbocycles. The first kappa shape index (κ1) is 13.4. The van der Waals surface area contributed by atoms with E-state index < -0.39 is 18.8 Å². The SMILES string of the molecule is O=C(NCC(F)(F)F)N1CCN(C2CNC2)CC1. The fourth-order valence-electron chi connectivity index (χ4n) is 2.11. The Morgan fingerprint density at radius 2 is 1.83 bits per heavy atom. The molecule has 8 heteroatoms. The Balaban J connectivity index is 1.70. The third kappa shape index (κ3) is 3.49. The maximum absolute atomic E-state index is 12.0. The van der Waals surface area contributed by atoms with Crippen LogP contribution >= 0.6 is 0 Å². The Labute approximate surface area is 103 Å². The van der Waals surface area contributed by atoms with Crippen LogP contribution in [-0.4, -0.2) is 73.9 Å². The fraction of sp³-hybridized carbons (Fsp3) is 0.900. The molecule has 0 unspecified atom stereocenters. The number of halogens is 3. The van der Waals surface area contributed by atoms with E-state index in [1.54, 1.807) is 0 Å². The van der Waals surface area contributed by atoms with Crippen molar-refractivity contribution in [2.45, 2.75) is 12.2 Å². The second-order valence-electron chi connectivity index (χ2n) is 4.61. The largest absolute Gasteiger partial charge is 0.405 e. The van der Waals surface area contributed by atoms with E-state index in [4.69, 9.17) is 0 Å². The minimum Gasteiger partial charge on any atom is -0.329 e. The van der Waals surface area contributed by atoms with Gasteiger partial charge in [-0.05, 0) is 0 Å². The average Bonchev–Trinajstić information content (AvgIpc) is 2.23. The molecular formula is C10H17F3N4O. The van der Waals surface area contributed by atoms with Gasteiger partial charge in [0.2, 0.25) is 0 Å². The van der Waals surface area contributed by atoms with E-state index in [1.807, 2.05) is 5.32 Å². The lowest BCUT2D eigenvalue weighted by Crippen LogP contribution is -2.62. The number of alkyl halides is 3. The second-order valence-corrected chi connectivity index (χ2v) is 4.61. The van der Waals surface area contributed by atoms with Crippen LogP contribution in [0.3, 0.4) is 0 Å². The summed E-state index contributed by atoms with van der Waals surface area (Å²) in [5.41, 5.74) is 0. The number of nitrogens with zero attached hydrogens (tertiary/aromatic N) is 2. The van der Waals surface area contributed by atoms with Crippen LogP contribution in [0, 0.1) is 0 Å². The molecule has 0 atom stereocenters. The van der Waals surface area contributed by atoms with E-state index in [9.17, 15) is 18.0 Å². The third-order valence-electron chi connectivity index (χ3n) is 3.32. The number of carbonyl (C=O) groups is 1. The predicted octanol–water partition coefficient (Wildman–Crippen LogP) is -0.152. The van der Waals surface area contributed by atoms with Crippen molar-refractivity contribution in [1.82, 2.24) is 20.4 Å². The highest BCUT2D eigenvalue weighted by Crippen LogP contribution is 2.13. The number of hydrogen-bond donors (Lipinski definition) is 2. The van der Waals surface area contributed by atoms with Crippen LogP contribution in [0.5, 0.6) is 0 Å². The summed E-state index contributed by atoms with van der Waals surface area (Å²) in [5.74, 6) is 0. The van der Waals surface area contributed by atoms with Crippen LogP contribution < -0.4 is 10.6 Å². The molecule has 2 saturated heterocycles. The van der Waals surface area contributed by atoms with E-state index >= 15 is 0 Å². The molecule has 0 bridgehead atoms.